The zero-order valence-corrected chi connectivity index (χ0v) is 15.9. The molecule has 2 aromatic heterocycles. The van der Waals surface area contributed by atoms with Crippen molar-refractivity contribution in [2.75, 3.05) is 14.1 Å². The van der Waals surface area contributed by atoms with Crippen molar-refractivity contribution in [3.63, 3.8) is 0 Å². The first-order valence-electron chi connectivity index (χ1n) is 7.81. The monoisotopic (exact) mass is 385 g/mol. The summed E-state index contributed by atoms with van der Waals surface area (Å²) in [5.41, 5.74) is 5.93. The summed E-state index contributed by atoms with van der Waals surface area (Å²) in [6.07, 6.45) is 2.35. The molecule has 3 rings (SSSR count). The van der Waals surface area contributed by atoms with Crippen LogP contribution in [-0.2, 0) is 11.2 Å². The van der Waals surface area contributed by atoms with Crippen LogP contribution in [0.3, 0.4) is 0 Å². The van der Waals surface area contributed by atoms with Crippen LogP contribution in [0.5, 0.6) is 0 Å². The highest BCUT2D eigenvalue weighted by Gasteiger charge is 2.19. The lowest BCUT2D eigenvalue weighted by Gasteiger charge is -2.12. The normalized spacial score (nSPS) is 11.0. The Morgan fingerprint density at radius 1 is 1.17 bits per heavy atom. The van der Waals surface area contributed by atoms with E-state index in [4.69, 9.17) is 4.98 Å². The molecule has 0 spiro atoms. The zero-order valence-electron chi connectivity index (χ0n) is 14.3. The molecular formula is C19H20BrN3O. The summed E-state index contributed by atoms with van der Waals surface area (Å²) in [6, 6.07) is 10.2. The van der Waals surface area contributed by atoms with Gasteiger partial charge < -0.3 is 9.30 Å². The molecule has 3 aromatic rings. The van der Waals surface area contributed by atoms with Gasteiger partial charge in [0.15, 0.2) is 0 Å². The standard InChI is InChI=1S/C19H20BrN3O/c1-12-5-7-14(15(20)9-12)19-16(10-18(24)22(3)4)23-11-13(2)6-8-17(23)21-19/h5-9,11H,10H2,1-4H3. The van der Waals surface area contributed by atoms with Crippen molar-refractivity contribution in [1.29, 1.82) is 0 Å². The number of carbonyl (C=O) groups is 1. The van der Waals surface area contributed by atoms with Crippen LogP contribution < -0.4 is 0 Å². The summed E-state index contributed by atoms with van der Waals surface area (Å²) in [5.74, 6) is 0.0581. The second-order valence-electron chi connectivity index (χ2n) is 6.29. The number of halogens is 1. The Labute approximate surface area is 150 Å². The van der Waals surface area contributed by atoms with E-state index in [1.165, 1.54) is 5.56 Å². The van der Waals surface area contributed by atoms with Crippen LogP contribution in [0.25, 0.3) is 16.9 Å². The molecule has 0 unspecified atom stereocenters. The molecule has 1 aromatic carbocycles. The second kappa shape index (κ2) is 6.40. The third-order valence-electron chi connectivity index (χ3n) is 4.06. The van der Waals surface area contributed by atoms with Crippen LogP contribution >= 0.6 is 15.9 Å². The number of pyridine rings is 1. The van der Waals surface area contributed by atoms with Crippen LogP contribution in [0.1, 0.15) is 16.8 Å². The number of aryl methyl sites for hydroxylation is 2. The number of carbonyl (C=O) groups excluding carboxylic acids is 1. The third-order valence-corrected chi connectivity index (χ3v) is 4.72. The Morgan fingerprint density at radius 2 is 1.88 bits per heavy atom. The number of hydrogen-bond donors (Lipinski definition) is 0. The Bertz CT molecular complexity index is 928. The molecule has 0 atom stereocenters. The average Bonchev–Trinajstić information content (AvgIpc) is 2.85. The second-order valence-corrected chi connectivity index (χ2v) is 7.14. The van der Waals surface area contributed by atoms with E-state index in [0.29, 0.717) is 6.42 Å². The smallest absolute Gasteiger partial charge is 0.228 e. The molecule has 0 saturated heterocycles. The first-order chi connectivity index (χ1) is 11.4. The van der Waals surface area contributed by atoms with Gasteiger partial charge in [-0.2, -0.15) is 0 Å². The van der Waals surface area contributed by atoms with Gasteiger partial charge in [0, 0.05) is 30.3 Å². The predicted octanol–water partition coefficient (Wildman–Crippen LogP) is 4.01. The van der Waals surface area contributed by atoms with Gasteiger partial charge in [-0.25, -0.2) is 4.98 Å². The van der Waals surface area contributed by atoms with Crippen LogP contribution in [0, 0.1) is 13.8 Å². The molecule has 124 valence electrons. The van der Waals surface area contributed by atoms with Crippen LogP contribution in [-0.4, -0.2) is 34.3 Å². The van der Waals surface area contributed by atoms with Crippen molar-refractivity contribution in [3.8, 4) is 11.3 Å². The Balaban J connectivity index is 2.24. The number of aromatic nitrogens is 2. The van der Waals surface area contributed by atoms with E-state index in [9.17, 15) is 4.79 Å². The van der Waals surface area contributed by atoms with E-state index >= 15 is 0 Å². The molecule has 0 aliphatic rings. The minimum absolute atomic E-state index is 0.0581. The topological polar surface area (TPSA) is 37.6 Å². The summed E-state index contributed by atoms with van der Waals surface area (Å²) in [6.45, 7) is 4.09. The van der Waals surface area contributed by atoms with Gasteiger partial charge in [0.05, 0.1) is 17.8 Å². The van der Waals surface area contributed by atoms with Gasteiger partial charge in [-0.1, -0.05) is 34.1 Å². The van der Waals surface area contributed by atoms with E-state index in [1.807, 2.05) is 29.7 Å². The van der Waals surface area contributed by atoms with Gasteiger partial charge >= 0.3 is 0 Å². The maximum atomic E-state index is 12.3. The quantitative estimate of drug-likeness (QED) is 0.682. The first kappa shape index (κ1) is 16.7. The number of nitrogens with zero attached hydrogens (tertiary/aromatic N) is 3. The van der Waals surface area contributed by atoms with Crippen LogP contribution in [0.2, 0.25) is 0 Å². The van der Waals surface area contributed by atoms with Gasteiger partial charge in [-0.05, 0) is 37.1 Å². The Kier molecular flexibility index (Phi) is 4.45. The summed E-state index contributed by atoms with van der Waals surface area (Å²) < 4.78 is 3.01. The molecule has 0 N–H and O–H groups in total. The summed E-state index contributed by atoms with van der Waals surface area (Å²) in [5, 5.41) is 0. The zero-order chi connectivity index (χ0) is 17.4. The van der Waals surface area contributed by atoms with Crippen LogP contribution in [0.4, 0.5) is 0 Å². The minimum Gasteiger partial charge on any atom is -0.348 e. The SMILES string of the molecule is Cc1ccc(-c2nc3ccc(C)cn3c2CC(=O)N(C)C)c(Br)c1. The van der Waals surface area contributed by atoms with Crippen molar-refractivity contribution >= 4 is 27.5 Å². The number of benzene rings is 1. The number of fused-ring (bicyclic) bond motifs is 1. The highest BCUT2D eigenvalue weighted by Crippen LogP contribution is 2.32. The fourth-order valence-corrected chi connectivity index (χ4v) is 3.38. The highest BCUT2D eigenvalue weighted by atomic mass is 79.9. The molecule has 0 aliphatic carbocycles. The molecule has 0 saturated carbocycles. The van der Waals surface area contributed by atoms with E-state index in [2.05, 4.69) is 41.1 Å². The maximum Gasteiger partial charge on any atom is 0.228 e. The predicted molar refractivity (Wildman–Crippen MR) is 100 cm³/mol. The number of rotatable bonds is 3. The van der Waals surface area contributed by atoms with E-state index < -0.39 is 0 Å². The van der Waals surface area contributed by atoms with Crippen molar-refractivity contribution in [2.24, 2.45) is 0 Å². The van der Waals surface area contributed by atoms with E-state index in [1.54, 1.807) is 19.0 Å². The van der Waals surface area contributed by atoms with Gasteiger partial charge in [-0.3, -0.25) is 4.79 Å². The maximum absolute atomic E-state index is 12.3. The number of likely N-dealkylation sites (N-methyl/N-ethyl adjacent to an activating group) is 1. The van der Waals surface area contributed by atoms with Gasteiger partial charge in [0.25, 0.3) is 0 Å². The van der Waals surface area contributed by atoms with Crippen molar-refractivity contribution in [3.05, 3.63) is 57.8 Å². The first-order valence-corrected chi connectivity index (χ1v) is 8.60. The molecule has 24 heavy (non-hydrogen) atoms. The Hall–Kier alpha value is -2.14. The molecule has 1 amide bonds. The van der Waals surface area contributed by atoms with Gasteiger partial charge in [0.2, 0.25) is 5.91 Å². The van der Waals surface area contributed by atoms with Crippen molar-refractivity contribution in [1.82, 2.24) is 14.3 Å². The van der Waals surface area contributed by atoms with E-state index in [0.717, 1.165) is 32.6 Å². The summed E-state index contributed by atoms with van der Waals surface area (Å²) >= 11 is 3.64. The number of amides is 1. The third kappa shape index (κ3) is 3.08. The lowest BCUT2D eigenvalue weighted by molar-refractivity contribution is -0.128. The van der Waals surface area contributed by atoms with Crippen molar-refractivity contribution in [2.45, 2.75) is 20.3 Å². The molecule has 0 fully saturated rings. The van der Waals surface area contributed by atoms with Gasteiger partial charge in [-0.15, -0.1) is 0 Å². The highest BCUT2D eigenvalue weighted by molar-refractivity contribution is 9.10. The Morgan fingerprint density at radius 3 is 2.54 bits per heavy atom. The number of hydrogen-bond acceptors (Lipinski definition) is 2. The largest absolute Gasteiger partial charge is 0.348 e. The summed E-state index contributed by atoms with van der Waals surface area (Å²) in [7, 11) is 3.55. The van der Waals surface area contributed by atoms with E-state index in [-0.39, 0.29) is 5.91 Å². The van der Waals surface area contributed by atoms with Crippen molar-refractivity contribution < 1.29 is 4.79 Å². The minimum atomic E-state index is 0.0581. The van der Waals surface area contributed by atoms with Crippen LogP contribution in [0.15, 0.2) is 41.0 Å². The van der Waals surface area contributed by atoms with Gasteiger partial charge in [0.1, 0.15) is 5.65 Å². The molecule has 4 nitrogen and oxygen atoms in total. The lowest BCUT2D eigenvalue weighted by Crippen LogP contribution is -2.24. The fraction of sp³-hybridized carbons (Fsp3) is 0.263. The number of imidazole rings is 1. The average molecular weight is 386 g/mol. The summed E-state index contributed by atoms with van der Waals surface area (Å²) in [4.78, 5) is 18.7. The molecule has 0 radical (unpaired) electrons. The molecule has 0 bridgehead atoms. The molecule has 2 heterocycles. The molecular weight excluding hydrogens is 366 g/mol. The fourth-order valence-electron chi connectivity index (χ4n) is 2.70. The lowest BCUT2D eigenvalue weighted by atomic mass is 10.1. The molecule has 5 heteroatoms. The molecule has 0 aliphatic heterocycles.